The lowest BCUT2D eigenvalue weighted by Gasteiger charge is -2.26. The van der Waals surface area contributed by atoms with Gasteiger partial charge in [-0.15, -0.1) is 0 Å². The van der Waals surface area contributed by atoms with Crippen LogP contribution in [0.15, 0.2) is 65.7 Å². The second-order valence-electron chi connectivity index (χ2n) is 7.21. The van der Waals surface area contributed by atoms with Crippen LogP contribution in [0.3, 0.4) is 0 Å². The molecule has 0 aliphatic rings. The number of anilines is 1. The molecule has 0 atom stereocenters. The fourth-order valence-electron chi connectivity index (χ4n) is 3.14. The maximum Gasteiger partial charge on any atom is 0.417 e. The lowest BCUT2D eigenvalue weighted by atomic mass is 10.1. The number of ether oxygens (including phenoxy) is 1. The molecule has 2 aromatic carbocycles. The Morgan fingerprint density at radius 1 is 1.00 bits per heavy atom. The Hall–Kier alpha value is -3.32. The van der Waals surface area contributed by atoms with E-state index in [4.69, 9.17) is 11.6 Å². The van der Waals surface area contributed by atoms with Gasteiger partial charge < -0.3 is 4.74 Å². The molecule has 14 heteroatoms. The highest BCUT2D eigenvalue weighted by Crippen LogP contribution is 2.38. The van der Waals surface area contributed by atoms with Crippen molar-refractivity contribution >= 4 is 33.4 Å². The summed E-state index contributed by atoms with van der Waals surface area (Å²) < 4.78 is 112. The minimum atomic E-state index is -4.86. The zero-order valence-corrected chi connectivity index (χ0v) is 19.6. The fraction of sp³-hybridized carbons (Fsp3) is 0.182. The van der Waals surface area contributed by atoms with Crippen molar-refractivity contribution in [3.8, 4) is 0 Å². The number of halogens is 7. The first-order valence-corrected chi connectivity index (χ1v) is 11.6. The third-order valence-corrected chi connectivity index (χ3v) is 6.91. The molecule has 3 aromatic rings. The number of aromatic nitrogens is 1. The van der Waals surface area contributed by atoms with Gasteiger partial charge >= 0.3 is 18.3 Å². The van der Waals surface area contributed by atoms with E-state index in [0.29, 0.717) is 16.6 Å². The molecule has 0 unspecified atom stereocenters. The third kappa shape index (κ3) is 5.73. The van der Waals surface area contributed by atoms with Gasteiger partial charge in [0.15, 0.2) is 5.82 Å². The van der Waals surface area contributed by atoms with E-state index in [9.17, 15) is 39.6 Å². The molecule has 192 valence electrons. The van der Waals surface area contributed by atoms with Gasteiger partial charge in [0.1, 0.15) is 0 Å². The molecule has 3 rings (SSSR count). The maximum absolute atomic E-state index is 13.6. The molecule has 0 radical (unpaired) electrons. The van der Waals surface area contributed by atoms with Gasteiger partial charge in [0.2, 0.25) is 0 Å². The molecule has 6 nitrogen and oxygen atoms in total. The number of sulfonamides is 1. The summed E-state index contributed by atoms with van der Waals surface area (Å²) in [5, 5.41) is -0.760. The first-order chi connectivity index (χ1) is 16.7. The van der Waals surface area contributed by atoms with Gasteiger partial charge in [-0.3, -0.25) is 0 Å². The second kappa shape index (κ2) is 9.97. The molecule has 0 saturated carbocycles. The van der Waals surface area contributed by atoms with Gasteiger partial charge in [0.05, 0.1) is 40.3 Å². The number of benzene rings is 2. The van der Waals surface area contributed by atoms with Gasteiger partial charge in [0, 0.05) is 6.20 Å². The number of nitrogens with zero attached hydrogens (tertiary/aromatic N) is 2. The summed E-state index contributed by atoms with van der Waals surface area (Å²) >= 11 is 5.95. The summed E-state index contributed by atoms with van der Waals surface area (Å²) in [5.41, 5.74) is -2.96. The molecule has 0 aliphatic heterocycles. The number of methoxy groups -OCH3 is 1. The Bertz CT molecular complexity index is 1380. The zero-order chi connectivity index (χ0) is 26.9. The van der Waals surface area contributed by atoms with E-state index in [1.807, 2.05) is 0 Å². The van der Waals surface area contributed by atoms with Crippen LogP contribution in [0.1, 0.15) is 27.0 Å². The van der Waals surface area contributed by atoms with Crippen molar-refractivity contribution in [2.24, 2.45) is 0 Å². The van der Waals surface area contributed by atoms with Crippen molar-refractivity contribution in [3.05, 3.63) is 88.1 Å². The summed E-state index contributed by atoms with van der Waals surface area (Å²) in [6.07, 6.45) is -9.39. The lowest BCUT2D eigenvalue weighted by molar-refractivity contribution is -0.138. The Morgan fingerprint density at radius 3 is 2.14 bits per heavy atom. The monoisotopic (exact) mass is 552 g/mol. The predicted octanol–water partition coefficient (Wildman–Crippen LogP) is 5.95. The van der Waals surface area contributed by atoms with E-state index in [2.05, 4.69) is 9.72 Å². The first-order valence-electron chi connectivity index (χ1n) is 9.75. The van der Waals surface area contributed by atoms with Gasteiger partial charge in [-0.05, 0) is 42.0 Å². The lowest BCUT2D eigenvalue weighted by Crippen LogP contribution is -2.32. The molecular weight excluding hydrogens is 538 g/mol. The molecular formula is C22H15ClF6N2O4S. The maximum atomic E-state index is 13.6. The number of pyridine rings is 1. The Morgan fingerprint density at radius 2 is 1.61 bits per heavy atom. The van der Waals surface area contributed by atoms with Crippen LogP contribution >= 0.6 is 11.6 Å². The summed E-state index contributed by atoms with van der Waals surface area (Å²) in [7, 11) is -3.65. The molecule has 0 saturated heterocycles. The van der Waals surface area contributed by atoms with Crippen molar-refractivity contribution in [1.82, 2.24) is 4.98 Å². The fourth-order valence-corrected chi connectivity index (χ4v) is 4.88. The number of hydrogen-bond acceptors (Lipinski definition) is 5. The Labute approximate surface area is 206 Å². The van der Waals surface area contributed by atoms with Gasteiger partial charge in [-0.2, -0.15) is 26.3 Å². The molecule has 0 bridgehead atoms. The van der Waals surface area contributed by atoms with Crippen LogP contribution < -0.4 is 4.31 Å². The molecule has 0 aliphatic carbocycles. The summed E-state index contributed by atoms with van der Waals surface area (Å²) in [6, 6.07) is 8.68. The SMILES string of the molecule is COC(=O)c1ccc(S(=O)(=O)N(Cc2ccccc2C(F)(F)F)c2ncc(C(F)(F)F)cc2Cl)cc1. The number of alkyl halides is 6. The van der Waals surface area contributed by atoms with Gasteiger partial charge in [0.25, 0.3) is 10.0 Å². The van der Waals surface area contributed by atoms with Crippen molar-refractivity contribution in [2.45, 2.75) is 23.8 Å². The van der Waals surface area contributed by atoms with E-state index in [1.54, 1.807) is 0 Å². The summed E-state index contributed by atoms with van der Waals surface area (Å²) in [4.78, 5) is 14.7. The number of hydrogen-bond donors (Lipinski definition) is 0. The molecule has 0 spiro atoms. The van der Waals surface area contributed by atoms with Crippen LogP contribution in [0.5, 0.6) is 0 Å². The highest BCUT2D eigenvalue weighted by molar-refractivity contribution is 7.92. The smallest absolute Gasteiger partial charge is 0.417 e. The molecule has 0 N–H and O–H groups in total. The highest BCUT2D eigenvalue weighted by atomic mass is 35.5. The Balaban J connectivity index is 2.18. The van der Waals surface area contributed by atoms with Crippen molar-refractivity contribution in [1.29, 1.82) is 0 Å². The molecule has 0 amide bonds. The topological polar surface area (TPSA) is 76.6 Å². The second-order valence-corrected chi connectivity index (χ2v) is 9.48. The average Bonchev–Trinajstić information content (AvgIpc) is 2.81. The molecule has 1 aromatic heterocycles. The summed E-state index contributed by atoms with van der Waals surface area (Å²) in [6.45, 7) is -0.963. The number of rotatable bonds is 6. The van der Waals surface area contributed by atoms with E-state index in [-0.39, 0.29) is 5.56 Å². The van der Waals surface area contributed by atoms with E-state index in [1.165, 1.54) is 6.07 Å². The van der Waals surface area contributed by atoms with Crippen LogP contribution in [0.2, 0.25) is 5.02 Å². The quantitative estimate of drug-likeness (QED) is 0.279. The van der Waals surface area contributed by atoms with Crippen LogP contribution in [0.4, 0.5) is 32.2 Å². The van der Waals surface area contributed by atoms with Crippen molar-refractivity contribution < 1.29 is 44.3 Å². The Kier molecular flexibility index (Phi) is 7.55. The average molecular weight is 553 g/mol. The molecule has 36 heavy (non-hydrogen) atoms. The van der Waals surface area contributed by atoms with E-state index in [0.717, 1.165) is 49.6 Å². The van der Waals surface area contributed by atoms with Crippen molar-refractivity contribution in [2.75, 3.05) is 11.4 Å². The normalized spacial score (nSPS) is 12.3. The first kappa shape index (κ1) is 27.3. The number of esters is 1. The van der Waals surface area contributed by atoms with Crippen LogP contribution in [-0.4, -0.2) is 26.5 Å². The van der Waals surface area contributed by atoms with Crippen molar-refractivity contribution in [3.63, 3.8) is 0 Å². The largest absolute Gasteiger partial charge is 0.465 e. The minimum absolute atomic E-state index is 0.0175. The third-order valence-electron chi connectivity index (χ3n) is 4.89. The van der Waals surface area contributed by atoms with Crippen LogP contribution in [0, 0.1) is 0 Å². The van der Waals surface area contributed by atoms with Crippen LogP contribution in [0.25, 0.3) is 0 Å². The van der Waals surface area contributed by atoms with E-state index >= 15 is 0 Å². The standard InChI is InChI=1S/C22H15ClF6N2O4S/c1-35-20(32)13-6-8-16(9-7-13)36(33,34)31(12-14-4-2-3-5-17(14)22(27,28)29)19-18(23)10-15(11-30-19)21(24,25)26/h2-11H,12H2,1H3. The van der Waals surface area contributed by atoms with Gasteiger partial charge in [-0.1, -0.05) is 29.8 Å². The summed E-state index contributed by atoms with van der Waals surface area (Å²) in [5.74, 6) is -1.50. The number of carbonyl (C=O) groups is 1. The predicted molar refractivity (Wildman–Crippen MR) is 117 cm³/mol. The minimum Gasteiger partial charge on any atom is -0.465 e. The highest BCUT2D eigenvalue weighted by Gasteiger charge is 2.37. The van der Waals surface area contributed by atoms with Gasteiger partial charge in [-0.25, -0.2) is 22.5 Å². The molecule has 0 fully saturated rings. The number of carbonyl (C=O) groups excluding carboxylic acids is 1. The zero-order valence-electron chi connectivity index (χ0n) is 18.1. The molecule has 1 heterocycles. The van der Waals surface area contributed by atoms with Crippen LogP contribution in [-0.2, 0) is 33.7 Å². The van der Waals surface area contributed by atoms with E-state index < -0.39 is 67.3 Å².